The molecule has 0 aromatic carbocycles. The first-order valence-corrected chi connectivity index (χ1v) is 7.69. The Hall–Kier alpha value is -0.800. The van der Waals surface area contributed by atoms with Crippen LogP contribution in [-0.4, -0.2) is 18.9 Å². The molecule has 16 heavy (non-hydrogen) atoms. The van der Waals surface area contributed by atoms with Crippen molar-refractivity contribution in [1.82, 2.24) is 9.97 Å². The summed E-state index contributed by atoms with van der Waals surface area (Å²) in [6.07, 6.45) is -3.77. The van der Waals surface area contributed by atoms with E-state index in [-0.39, 0.29) is 37.0 Å². The first-order chi connectivity index (χ1) is 7.34. The summed E-state index contributed by atoms with van der Waals surface area (Å²) in [5.41, 5.74) is 4.38. The molecular weight excluding hydrogens is 336 g/mol. The molecule has 92 valence electrons. The van der Waals surface area contributed by atoms with E-state index in [9.17, 15) is 13.2 Å². The van der Waals surface area contributed by atoms with Crippen LogP contribution in [0.3, 0.4) is 0 Å². The summed E-state index contributed by atoms with van der Waals surface area (Å²) < 4.78 is 37.7. The molecule has 0 unspecified atom stereocenters. The van der Waals surface area contributed by atoms with Gasteiger partial charge < -0.3 is 0 Å². The molecule has 0 spiro atoms. The molecule has 0 amide bonds. The summed E-state index contributed by atoms with van der Waals surface area (Å²) in [6, 6.07) is 0. The van der Waals surface area contributed by atoms with Crippen molar-refractivity contribution in [2.24, 2.45) is 0 Å². The van der Waals surface area contributed by atoms with Gasteiger partial charge in [0.25, 0.3) is 0 Å². The van der Waals surface area contributed by atoms with Crippen LogP contribution in [0.5, 0.6) is 0 Å². The molecule has 0 bridgehead atoms. The van der Waals surface area contributed by atoms with Gasteiger partial charge >= 0.3 is 101 Å². The van der Waals surface area contributed by atoms with Crippen molar-refractivity contribution in [1.29, 1.82) is 0 Å². The van der Waals surface area contributed by atoms with Gasteiger partial charge in [0.05, 0.1) is 0 Å². The number of hydrogen-bond donors (Lipinski definition) is 2. The molecule has 0 radical (unpaired) electrons. The van der Waals surface area contributed by atoms with Crippen LogP contribution >= 0.6 is 0 Å². The van der Waals surface area contributed by atoms with Crippen molar-refractivity contribution in [3.8, 4) is 0 Å². The van der Waals surface area contributed by atoms with Crippen LogP contribution in [0.4, 0.5) is 24.9 Å². The van der Waals surface area contributed by atoms with Crippen molar-refractivity contribution >= 4 is 11.8 Å². The predicted octanol–water partition coefficient (Wildman–Crippen LogP) is -1.45. The normalized spacial score (nSPS) is 13.8. The second-order valence-electron chi connectivity index (χ2n) is 2.97. The number of anilines is 2. The van der Waals surface area contributed by atoms with Crippen LogP contribution in [0.15, 0.2) is 6.20 Å². The Balaban J connectivity index is 3.09. The molecule has 1 atom stereocenters. The number of alkyl halides is 5. The van der Waals surface area contributed by atoms with Crippen LogP contribution < -0.4 is 32.3 Å². The maximum absolute atomic E-state index is 12.6. The molecule has 1 heterocycles. The van der Waals surface area contributed by atoms with Gasteiger partial charge in [0, 0.05) is 0 Å². The molecule has 0 aliphatic rings. The summed E-state index contributed by atoms with van der Waals surface area (Å²) in [6.45, 7) is 1.81. The Bertz CT molecular complexity index is 369. The van der Waals surface area contributed by atoms with Gasteiger partial charge in [-0.1, -0.05) is 0 Å². The van der Waals surface area contributed by atoms with Crippen LogP contribution in [0.25, 0.3) is 0 Å². The van der Waals surface area contributed by atoms with Crippen molar-refractivity contribution < 1.29 is 34.4 Å². The average molecular weight is 347 g/mol. The van der Waals surface area contributed by atoms with Gasteiger partial charge in [0.2, 0.25) is 0 Å². The fraction of sp³-hybridized carbons (Fsp3) is 0.500. The summed E-state index contributed by atoms with van der Waals surface area (Å²) in [5, 5.41) is 2.71. The number of aromatic nitrogens is 2. The second-order valence-corrected chi connectivity index (χ2v) is 6.08. The van der Waals surface area contributed by atoms with Gasteiger partial charge in [-0.3, -0.25) is 0 Å². The molecule has 1 rings (SSSR count). The van der Waals surface area contributed by atoms with Crippen LogP contribution in [0.2, 0.25) is 0 Å². The summed E-state index contributed by atoms with van der Waals surface area (Å²) in [4.78, 5) is 8.90. The summed E-state index contributed by atoms with van der Waals surface area (Å²) in [5.74, 6) is -0.411. The van der Waals surface area contributed by atoms with Crippen LogP contribution in [0, 0.1) is 0 Å². The Morgan fingerprint density at radius 2 is 2.12 bits per heavy atom. The van der Waals surface area contributed by atoms with Crippen molar-refractivity contribution in [3.63, 3.8) is 0 Å². The molecule has 8 heteroatoms. The first kappa shape index (κ1) is 13.3. The van der Waals surface area contributed by atoms with Crippen molar-refractivity contribution in [3.05, 3.63) is 11.8 Å². The quantitative estimate of drug-likeness (QED) is 0.399. The molecular formula is C8H11F3IN4-. The number of hydrogen-bond acceptors (Lipinski definition) is 4. The van der Waals surface area contributed by atoms with Crippen LogP contribution in [-0.2, 0) is 6.18 Å². The zero-order valence-electron chi connectivity index (χ0n) is 8.64. The van der Waals surface area contributed by atoms with Gasteiger partial charge in [-0.25, -0.2) is 0 Å². The topological polar surface area (TPSA) is 63.8 Å². The zero-order valence-corrected chi connectivity index (χ0v) is 10.8. The molecule has 0 saturated heterocycles. The molecule has 0 saturated carbocycles. The third-order valence-corrected chi connectivity index (χ3v) is 3.96. The maximum atomic E-state index is 12.6. The van der Waals surface area contributed by atoms with Gasteiger partial charge in [-0.05, 0) is 0 Å². The number of rotatable bonds is 3. The minimum atomic E-state index is -4.47. The van der Waals surface area contributed by atoms with Crippen molar-refractivity contribution in [2.75, 3.05) is 16.0 Å². The molecule has 1 aromatic heterocycles. The van der Waals surface area contributed by atoms with Gasteiger partial charge in [-0.15, -0.1) is 0 Å². The molecule has 0 aliphatic heterocycles. The molecule has 4 nitrogen and oxygen atoms in total. The van der Waals surface area contributed by atoms with Crippen molar-refractivity contribution in [2.45, 2.75) is 17.1 Å². The van der Waals surface area contributed by atoms with E-state index in [1.54, 1.807) is 0 Å². The van der Waals surface area contributed by atoms with Gasteiger partial charge in [-0.2, -0.15) is 0 Å². The standard InChI is InChI=1S/C8H11F3IN4/c1-4(12-2)15-6-5(8(9,10)11)3-14-7(13)16-6/h3-4H,1-2H3,(H3,13,14,15,16)/q-1/t4-/m0/s1. The number of nitrogens with two attached hydrogens (primary N) is 1. The summed E-state index contributed by atoms with van der Waals surface area (Å²) >= 11 is -0.220. The van der Waals surface area contributed by atoms with Crippen LogP contribution in [0.1, 0.15) is 12.5 Å². The summed E-state index contributed by atoms with van der Waals surface area (Å²) in [7, 11) is 0. The van der Waals surface area contributed by atoms with Gasteiger partial charge in [0.1, 0.15) is 0 Å². The third kappa shape index (κ3) is 3.35. The van der Waals surface area contributed by atoms with E-state index in [4.69, 9.17) is 5.73 Å². The van der Waals surface area contributed by atoms with E-state index in [1.807, 2.05) is 11.9 Å². The SMILES string of the molecule is C[I-][C@H](C)Nc1nc(N)ncc1C(F)(F)F. The molecule has 0 aliphatic carbocycles. The second kappa shape index (κ2) is 5.02. The number of nitrogen functional groups attached to an aromatic ring is 1. The van der Waals surface area contributed by atoms with E-state index in [2.05, 4.69) is 15.3 Å². The van der Waals surface area contributed by atoms with Gasteiger partial charge in [0.15, 0.2) is 0 Å². The molecule has 1 aromatic rings. The molecule has 0 fully saturated rings. The monoisotopic (exact) mass is 347 g/mol. The predicted molar refractivity (Wildman–Crippen MR) is 50.5 cm³/mol. The fourth-order valence-corrected chi connectivity index (χ4v) is 1.56. The number of nitrogens with one attached hydrogen (secondary N) is 1. The molecule has 3 N–H and O–H groups in total. The van der Waals surface area contributed by atoms with E-state index >= 15 is 0 Å². The Morgan fingerprint density at radius 3 is 2.62 bits per heavy atom. The Morgan fingerprint density at radius 1 is 1.50 bits per heavy atom. The number of halogens is 4. The fourth-order valence-electron chi connectivity index (χ4n) is 0.956. The van der Waals surface area contributed by atoms with E-state index in [0.717, 1.165) is 0 Å². The average Bonchev–Trinajstić information content (AvgIpc) is 2.15. The van der Waals surface area contributed by atoms with E-state index in [0.29, 0.717) is 6.20 Å². The Labute approximate surface area is 101 Å². The zero-order chi connectivity index (χ0) is 12.3. The first-order valence-electron chi connectivity index (χ1n) is 4.29. The Kier molecular flexibility index (Phi) is 4.16. The van der Waals surface area contributed by atoms with E-state index < -0.39 is 11.7 Å². The third-order valence-electron chi connectivity index (χ3n) is 1.78. The van der Waals surface area contributed by atoms with E-state index in [1.165, 1.54) is 0 Å². The number of nitrogens with zero attached hydrogens (tertiary/aromatic N) is 2. The minimum absolute atomic E-state index is 0.00537.